The second-order valence-corrected chi connectivity index (χ2v) is 30.2. The number of sulfone groups is 3. The van der Waals surface area contributed by atoms with Crippen LogP contribution in [0.3, 0.4) is 0 Å². The SMILES string of the molecule is C.C.COc1cccc(-n2nc(C(F)(F)F)cc2-c2ccc(-c3cccc(S(C)(=O)=O)c3)s2)c1.CS(=O)(=O)c1cccc(-c2ccc(-c3cc(C(F)(F)F)nn3-c3cccc(O)c3)s2)c1.Cc1cccc(-n2nc(C(F)(F)F)cc2-c2ccc(-c3cccc(S(C)(=O)=O)c3)s2)c1. The van der Waals surface area contributed by atoms with E-state index in [9.17, 15) is 69.9 Å². The average molecular weight is 1440 g/mol. The molecule has 0 amide bonds. The third-order valence-electron chi connectivity index (χ3n) is 13.8. The number of halogens is 9. The topological polar surface area (TPSA) is 185 Å². The second-order valence-electron chi connectivity index (χ2n) is 20.9. The highest BCUT2D eigenvalue weighted by molar-refractivity contribution is 7.91. The quantitative estimate of drug-likeness (QED) is 0.108. The van der Waals surface area contributed by atoms with Crippen LogP contribution in [0, 0.1) is 6.92 Å². The van der Waals surface area contributed by atoms with Crippen molar-refractivity contribution in [2.75, 3.05) is 25.9 Å². The first-order chi connectivity index (χ1) is 44.1. The predicted molar refractivity (Wildman–Crippen MR) is 358 cm³/mol. The molecule has 96 heavy (non-hydrogen) atoms. The van der Waals surface area contributed by atoms with Gasteiger partial charge in [-0.15, -0.1) is 34.0 Å². The fraction of sp³-hybridized carbons (Fsp3) is 0.149. The molecule has 29 heteroatoms. The minimum absolute atomic E-state index is 0. The molecule has 0 fully saturated rings. The van der Waals surface area contributed by atoms with E-state index >= 15 is 0 Å². The van der Waals surface area contributed by atoms with Gasteiger partial charge in [-0.3, -0.25) is 0 Å². The number of rotatable bonds is 13. The molecule has 6 aromatic carbocycles. The number of hydrogen-bond donors (Lipinski definition) is 1. The third kappa shape index (κ3) is 16.9. The van der Waals surface area contributed by atoms with Crippen molar-refractivity contribution in [1.82, 2.24) is 29.3 Å². The van der Waals surface area contributed by atoms with Crippen molar-refractivity contribution in [3.63, 3.8) is 0 Å². The predicted octanol–water partition coefficient (Wildman–Crippen LogP) is 18.4. The molecule has 0 aliphatic rings. The van der Waals surface area contributed by atoms with E-state index in [4.69, 9.17) is 4.74 Å². The van der Waals surface area contributed by atoms with Gasteiger partial charge in [-0.25, -0.2) is 39.3 Å². The van der Waals surface area contributed by atoms with Crippen LogP contribution in [0.4, 0.5) is 39.5 Å². The number of benzene rings is 6. The number of aromatic hydroxyl groups is 1. The van der Waals surface area contributed by atoms with Gasteiger partial charge >= 0.3 is 18.5 Å². The van der Waals surface area contributed by atoms with Gasteiger partial charge in [-0.2, -0.15) is 54.8 Å². The zero-order chi connectivity index (χ0) is 67.9. The van der Waals surface area contributed by atoms with E-state index < -0.39 is 65.1 Å². The molecule has 0 aliphatic heterocycles. The summed E-state index contributed by atoms with van der Waals surface area (Å²) >= 11 is 3.73. The van der Waals surface area contributed by atoms with Gasteiger partial charge in [0, 0.05) is 45.5 Å². The van der Waals surface area contributed by atoms with Crippen LogP contribution in [0.5, 0.6) is 11.5 Å². The van der Waals surface area contributed by atoms with Gasteiger partial charge in [-0.05, 0) is 157 Å². The van der Waals surface area contributed by atoms with Gasteiger partial charge in [0.2, 0.25) is 0 Å². The number of aromatic nitrogens is 6. The molecule has 0 saturated heterocycles. The maximum atomic E-state index is 13.4. The summed E-state index contributed by atoms with van der Waals surface area (Å²) in [5.41, 5.74) is 1.84. The van der Waals surface area contributed by atoms with Crippen LogP contribution >= 0.6 is 34.0 Å². The Balaban J connectivity index is 0.000000182. The first-order valence-corrected chi connectivity index (χ1v) is 35.5. The van der Waals surface area contributed by atoms with Crippen molar-refractivity contribution < 1.29 is 74.6 Å². The van der Waals surface area contributed by atoms with Gasteiger partial charge in [0.25, 0.3) is 0 Å². The van der Waals surface area contributed by atoms with Crippen LogP contribution < -0.4 is 4.74 Å². The molecule has 502 valence electrons. The lowest BCUT2D eigenvalue weighted by Crippen LogP contribution is -2.07. The Hall–Kier alpha value is -9.13. The van der Waals surface area contributed by atoms with E-state index in [1.807, 2.05) is 13.0 Å². The highest BCUT2D eigenvalue weighted by Gasteiger charge is 2.38. The highest BCUT2D eigenvalue weighted by Crippen LogP contribution is 2.43. The number of phenolic OH excluding ortho intramolecular Hbond substituents is 1. The first kappa shape index (κ1) is 72.7. The number of ether oxygens (including phenoxy) is 1. The van der Waals surface area contributed by atoms with Crippen molar-refractivity contribution in [3.05, 3.63) is 223 Å². The van der Waals surface area contributed by atoms with Crippen molar-refractivity contribution >= 4 is 63.5 Å². The number of phenols is 1. The van der Waals surface area contributed by atoms with E-state index in [0.717, 1.165) is 57.0 Å². The number of thiophene rings is 3. The van der Waals surface area contributed by atoms with Gasteiger partial charge in [0.05, 0.1) is 70.6 Å². The maximum Gasteiger partial charge on any atom is 0.435 e. The summed E-state index contributed by atoms with van der Waals surface area (Å²) in [6.07, 6.45) is -10.5. The molecule has 0 bridgehead atoms. The molecular formula is C67H57F9N6O8S6. The summed E-state index contributed by atoms with van der Waals surface area (Å²) in [4.78, 5) is 4.31. The number of hydrogen-bond acceptors (Lipinski definition) is 14. The zero-order valence-electron chi connectivity index (χ0n) is 49.4. The van der Waals surface area contributed by atoms with Crippen LogP contribution in [0.2, 0.25) is 0 Å². The Labute approximate surface area is 559 Å². The van der Waals surface area contributed by atoms with Crippen molar-refractivity contribution in [2.45, 2.75) is 55.0 Å². The van der Waals surface area contributed by atoms with E-state index in [-0.39, 0.29) is 52.4 Å². The molecule has 6 heterocycles. The largest absolute Gasteiger partial charge is 0.508 e. The Morgan fingerprint density at radius 2 is 0.688 bits per heavy atom. The smallest absolute Gasteiger partial charge is 0.435 e. The van der Waals surface area contributed by atoms with E-state index in [1.165, 1.54) is 92.9 Å². The fourth-order valence-electron chi connectivity index (χ4n) is 9.33. The summed E-state index contributed by atoms with van der Waals surface area (Å²) < 4.78 is 200. The molecule has 0 radical (unpaired) electrons. The summed E-state index contributed by atoms with van der Waals surface area (Å²) in [7, 11) is -8.68. The maximum absolute atomic E-state index is 13.4. The molecule has 0 saturated carbocycles. The van der Waals surface area contributed by atoms with E-state index in [0.29, 0.717) is 59.0 Å². The Morgan fingerprint density at radius 1 is 0.385 bits per heavy atom. The molecule has 6 aromatic heterocycles. The summed E-state index contributed by atoms with van der Waals surface area (Å²) in [5, 5.41) is 21.1. The summed E-state index contributed by atoms with van der Waals surface area (Å²) in [5.74, 6) is 0.388. The number of aryl methyl sites for hydroxylation is 1. The third-order valence-corrected chi connectivity index (χ3v) is 20.6. The van der Waals surface area contributed by atoms with Crippen LogP contribution in [0.1, 0.15) is 37.5 Å². The molecule has 0 unspecified atom stereocenters. The monoisotopic (exact) mass is 1440 g/mol. The normalized spacial score (nSPS) is 12.0. The van der Waals surface area contributed by atoms with Crippen LogP contribution in [0.15, 0.2) is 215 Å². The molecule has 0 spiro atoms. The fourth-order valence-corrected chi connectivity index (χ4v) is 14.3. The number of methoxy groups -OCH3 is 1. The van der Waals surface area contributed by atoms with Crippen molar-refractivity contribution in [2.24, 2.45) is 0 Å². The van der Waals surface area contributed by atoms with Crippen molar-refractivity contribution in [1.29, 1.82) is 0 Å². The first-order valence-electron chi connectivity index (χ1n) is 27.4. The van der Waals surface area contributed by atoms with Crippen molar-refractivity contribution in [3.8, 4) is 91.6 Å². The zero-order valence-corrected chi connectivity index (χ0v) is 54.3. The molecule has 0 atom stereocenters. The van der Waals surface area contributed by atoms with E-state index in [2.05, 4.69) is 15.3 Å². The minimum atomic E-state index is -4.64. The average Bonchev–Trinajstić information content (AvgIpc) is 1.64. The lowest BCUT2D eigenvalue weighted by atomic mass is 10.2. The number of nitrogens with zero attached hydrogens (tertiary/aromatic N) is 6. The molecule has 12 aromatic rings. The minimum Gasteiger partial charge on any atom is -0.508 e. The molecular weight excluding hydrogens is 1380 g/mol. The van der Waals surface area contributed by atoms with Gasteiger partial charge in [0.15, 0.2) is 46.6 Å². The Bertz CT molecular complexity index is 4930. The van der Waals surface area contributed by atoms with Crippen LogP contribution in [0.25, 0.3) is 80.1 Å². The van der Waals surface area contributed by atoms with Gasteiger partial charge in [-0.1, -0.05) is 75.5 Å². The Kier molecular flexibility index (Phi) is 21.4. The second kappa shape index (κ2) is 28.3. The lowest BCUT2D eigenvalue weighted by Gasteiger charge is -2.08. The van der Waals surface area contributed by atoms with E-state index in [1.54, 1.807) is 133 Å². The summed E-state index contributed by atoms with van der Waals surface area (Å²) in [6, 6.07) is 52.0. The lowest BCUT2D eigenvalue weighted by molar-refractivity contribution is -0.142. The summed E-state index contributed by atoms with van der Waals surface area (Å²) in [6.45, 7) is 1.86. The Morgan fingerprint density at radius 3 is 1.00 bits per heavy atom. The molecule has 0 aliphatic carbocycles. The van der Waals surface area contributed by atoms with Gasteiger partial charge in [0.1, 0.15) is 11.5 Å². The van der Waals surface area contributed by atoms with Crippen LogP contribution in [-0.4, -0.2) is 85.6 Å². The van der Waals surface area contributed by atoms with Gasteiger partial charge < -0.3 is 9.84 Å². The standard InChI is InChI=1S/C22H17F3N2O3S2.C22H17F3N2O2S2.C21H15F3N2O3S2.2CH4/c1-30-16-7-4-6-15(12-16)27-18(13-21(26-27)22(23,24)25)20-10-9-19(31-20)14-5-3-8-17(11-14)32(2,28)29;1-14-5-3-7-16(11-14)27-18(13-21(26-27)22(23,24)25)20-10-9-19(30-20)15-6-4-8-17(12-15)31(2,28)29;1-31(28,29)16-7-2-4-13(10-16)18-8-9-19(30-18)17-12-20(21(22,23)24)25-26(17)14-5-3-6-15(27)11-14;;/h3-13H,1-2H3;3-13H,1-2H3;2-12,27H,1H3;2*1H4. The molecule has 14 nitrogen and oxygen atoms in total. The molecule has 12 rings (SSSR count). The number of alkyl halides is 9. The highest BCUT2D eigenvalue weighted by atomic mass is 32.2. The van der Waals surface area contributed by atoms with Crippen LogP contribution in [-0.2, 0) is 48.0 Å². The molecule has 1 N–H and O–H groups in total.